The number of nitrogen functional groups attached to an aromatic ring is 1. The van der Waals surface area contributed by atoms with Gasteiger partial charge in [-0.2, -0.15) is 0 Å². The number of hydrogen-bond donors (Lipinski definition) is 3. The summed E-state index contributed by atoms with van der Waals surface area (Å²) in [6, 6.07) is -0.894. The third kappa shape index (κ3) is 4.70. The molecule has 0 aromatic carbocycles. The molecule has 11 nitrogen and oxygen atoms in total. The molecule has 1 fully saturated rings. The molecule has 1 aromatic heterocycles. The maximum absolute atomic E-state index is 12.6. The van der Waals surface area contributed by atoms with Gasteiger partial charge in [0.2, 0.25) is 0 Å². The standard InChI is InChI=1S/C15H17N5O6S2.Ca.2H/c1-25-3-6-4-27-13-9(12(22)20(13)10(6)14(23)24)18-11(21)8(19-26-2)7-5-28-15(16)17-7;;;/h5,9,13H,3-4H2,1-2H3,(H2,16,17)(H,18,21)(H,23,24);;;/b19-8-;;;/t9-,13-;;;/m1.../s1. The zero-order valence-electron chi connectivity index (χ0n) is 14.9. The van der Waals surface area contributed by atoms with Crippen LogP contribution in [0.3, 0.4) is 0 Å². The predicted octanol–water partition coefficient (Wildman–Crippen LogP) is -1.46. The van der Waals surface area contributed by atoms with Crippen LogP contribution in [0.25, 0.3) is 0 Å². The van der Waals surface area contributed by atoms with E-state index in [1.165, 1.54) is 30.9 Å². The van der Waals surface area contributed by atoms with E-state index >= 15 is 0 Å². The summed E-state index contributed by atoms with van der Waals surface area (Å²) >= 11 is 2.47. The number of aromatic nitrogens is 1. The Morgan fingerprint density at radius 3 is 2.76 bits per heavy atom. The number of fused-ring (bicyclic) bond motifs is 1. The molecule has 0 aliphatic carbocycles. The number of carbonyl (C=O) groups is 3. The second-order valence-corrected chi connectivity index (χ2v) is 7.74. The Morgan fingerprint density at radius 2 is 2.21 bits per heavy atom. The van der Waals surface area contributed by atoms with E-state index in [1.54, 1.807) is 5.38 Å². The number of carboxylic acids is 1. The van der Waals surface area contributed by atoms with E-state index in [9.17, 15) is 19.5 Å². The summed E-state index contributed by atoms with van der Waals surface area (Å²) in [7, 11) is 2.73. The number of anilines is 1. The molecule has 2 aliphatic heterocycles. The van der Waals surface area contributed by atoms with E-state index in [0.29, 0.717) is 11.3 Å². The van der Waals surface area contributed by atoms with Gasteiger partial charge in [-0.25, -0.2) is 9.78 Å². The third-order valence-corrected chi connectivity index (χ3v) is 6.03. The quantitative estimate of drug-likeness (QED) is 0.188. The minimum absolute atomic E-state index is 0. The second-order valence-electron chi connectivity index (χ2n) is 5.74. The van der Waals surface area contributed by atoms with Crippen LogP contribution in [0.2, 0.25) is 0 Å². The Hall–Kier alpha value is -1.38. The van der Waals surface area contributed by atoms with Crippen molar-refractivity contribution in [1.82, 2.24) is 15.2 Å². The summed E-state index contributed by atoms with van der Waals surface area (Å²) in [5.41, 5.74) is 6.09. The van der Waals surface area contributed by atoms with Gasteiger partial charge in [-0.05, 0) is 5.57 Å². The summed E-state index contributed by atoms with van der Waals surface area (Å²) < 4.78 is 5.02. The molecule has 0 spiro atoms. The fourth-order valence-corrected chi connectivity index (χ4v) is 4.75. The molecule has 0 bridgehead atoms. The van der Waals surface area contributed by atoms with Gasteiger partial charge in [-0.1, -0.05) is 5.16 Å². The number of thioether (sulfide) groups is 1. The first-order valence-corrected chi connectivity index (χ1v) is 9.84. The Labute approximate surface area is 203 Å². The van der Waals surface area contributed by atoms with Gasteiger partial charge in [0.15, 0.2) is 10.8 Å². The Kier molecular flexibility index (Phi) is 8.31. The number of aliphatic carboxylic acids is 1. The van der Waals surface area contributed by atoms with E-state index < -0.39 is 29.2 Å². The normalized spacial score (nSPS) is 21.1. The number of oxime groups is 1. The SMILES string of the molecule is COCC1=C(C(=O)O)N2C(=O)[C@@H](NC(=O)/C(=N\OC)c3csc(N)n3)[C@H]2SC1.[CaH2]. The molecule has 29 heavy (non-hydrogen) atoms. The van der Waals surface area contributed by atoms with Crippen LogP contribution in [-0.2, 0) is 24.0 Å². The number of β-lactam (4-membered cyclic amide) rings is 1. The third-order valence-electron chi connectivity index (χ3n) is 4.02. The van der Waals surface area contributed by atoms with Crippen LogP contribution in [0, 0.1) is 0 Å². The van der Waals surface area contributed by atoms with Gasteiger partial charge in [0.1, 0.15) is 29.9 Å². The minimum atomic E-state index is -1.21. The van der Waals surface area contributed by atoms with Crippen molar-refractivity contribution in [3.05, 3.63) is 22.3 Å². The molecular weight excluding hydrogens is 450 g/mol. The van der Waals surface area contributed by atoms with Gasteiger partial charge < -0.3 is 25.7 Å². The van der Waals surface area contributed by atoms with E-state index in [1.807, 2.05) is 0 Å². The molecule has 1 saturated heterocycles. The molecule has 4 N–H and O–H groups in total. The fraction of sp³-hybridized carbons (Fsp3) is 0.400. The summed E-state index contributed by atoms with van der Waals surface area (Å²) in [6.07, 6.45) is 0. The number of carbonyl (C=O) groups excluding carboxylic acids is 2. The number of nitrogens with two attached hydrogens (primary N) is 1. The van der Waals surface area contributed by atoms with Crippen LogP contribution in [-0.4, -0.2) is 114 Å². The molecule has 3 rings (SSSR count). The molecule has 2 atom stereocenters. The number of carboxylic acid groups (broad SMARTS) is 1. The molecule has 2 amide bonds. The average molecular weight is 470 g/mol. The van der Waals surface area contributed by atoms with E-state index in [4.69, 9.17) is 15.3 Å². The number of ether oxygens (including phenoxy) is 1. The predicted molar refractivity (Wildman–Crippen MR) is 110 cm³/mol. The van der Waals surface area contributed by atoms with Crippen molar-refractivity contribution in [3.63, 3.8) is 0 Å². The van der Waals surface area contributed by atoms with Crippen molar-refractivity contribution in [2.45, 2.75) is 11.4 Å². The van der Waals surface area contributed by atoms with Crippen molar-refractivity contribution in [2.75, 3.05) is 32.3 Å². The van der Waals surface area contributed by atoms with E-state index in [2.05, 4.69) is 15.5 Å². The number of nitrogens with one attached hydrogen (secondary N) is 1. The Morgan fingerprint density at radius 1 is 1.48 bits per heavy atom. The number of methoxy groups -OCH3 is 1. The Balaban J connectivity index is 0.00000300. The molecular formula is C15H19CaN5O6S2. The van der Waals surface area contributed by atoms with Gasteiger partial charge in [-0.15, -0.1) is 23.1 Å². The maximum atomic E-state index is 12.6. The zero-order chi connectivity index (χ0) is 20.4. The number of amides is 2. The van der Waals surface area contributed by atoms with Crippen molar-refractivity contribution in [2.24, 2.45) is 5.16 Å². The van der Waals surface area contributed by atoms with Crippen LogP contribution >= 0.6 is 23.1 Å². The van der Waals surface area contributed by atoms with Crippen molar-refractivity contribution >= 4 is 89.5 Å². The van der Waals surface area contributed by atoms with Gasteiger partial charge in [0, 0.05) is 18.2 Å². The molecule has 0 saturated carbocycles. The van der Waals surface area contributed by atoms with Gasteiger partial charge in [0.25, 0.3) is 11.8 Å². The first kappa shape index (κ1) is 23.9. The fourth-order valence-electron chi connectivity index (χ4n) is 2.87. The van der Waals surface area contributed by atoms with Gasteiger partial charge in [0.05, 0.1) is 6.61 Å². The summed E-state index contributed by atoms with van der Waals surface area (Å²) in [5.74, 6) is -2.03. The van der Waals surface area contributed by atoms with Crippen LogP contribution in [0.5, 0.6) is 0 Å². The molecule has 0 radical (unpaired) electrons. The monoisotopic (exact) mass is 469 g/mol. The number of nitrogens with zero attached hydrogens (tertiary/aromatic N) is 3. The van der Waals surface area contributed by atoms with Crippen LogP contribution in [0.1, 0.15) is 5.69 Å². The molecule has 2 aliphatic rings. The van der Waals surface area contributed by atoms with Crippen LogP contribution in [0.15, 0.2) is 21.8 Å². The second kappa shape index (κ2) is 10.1. The molecule has 14 heteroatoms. The first-order valence-electron chi connectivity index (χ1n) is 7.91. The molecule has 154 valence electrons. The summed E-state index contributed by atoms with van der Waals surface area (Å²) in [5, 5.41) is 17.0. The van der Waals surface area contributed by atoms with Gasteiger partial charge >= 0.3 is 43.7 Å². The Bertz CT molecular complexity index is 888. The molecule has 0 unspecified atom stereocenters. The summed E-state index contributed by atoms with van der Waals surface area (Å²) in [4.78, 5) is 46.7. The van der Waals surface area contributed by atoms with Crippen LogP contribution < -0.4 is 11.1 Å². The average Bonchev–Trinajstić information content (AvgIpc) is 3.09. The number of hydrogen-bond acceptors (Lipinski definition) is 10. The van der Waals surface area contributed by atoms with E-state index in [-0.39, 0.29) is 66.6 Å². The first-order chi connectivity index (χ1) is 13.4. The molecule has 1 aromatic rings. The van der Waals surface area contributed by atoms with Crippen molar-refractivity contribution in [1.29, 1.82) is 0 Å². The number of rotatable bonds is 7. The van der Waals surface area contributed by atoms with Crippen molar-refractivity contribution in [3.8, 4) is 0 Å². The van der Waals surface area contributed by atoms with Gasteiger partial charge in [-0.3, -0.25) is 14.5 Å². The molecule has 3 heterocycles. The van der Waals surface area contributed by atoms with Crippen molar-refractivity contribution < 1.29 is 29.1 Å². The number of thiazole rings is 1. The summed E-state index contributed by atoms with van der Waals surface area (Å²) in [6.45, 7) is 0.109. The van der Waals surface area contributed by atoms with Crippen LogP contribution in [0.4, 0.5) is 5.13 Å². The zero-order valence-corrected chi connectivity index (χ0v) is 16.5. The topological polar surface area (TPSA) is 156 Å². The van der Waals surface area contributed by atoms with E-state index in [0.717, 1.165) is 11.3 Å².